The fourth-order valence-corrected chi connectivity index (χ4v) is 3.36. The molecule has 0 aromatic heterocycles. The van der Waals surface area contributed by atoms with E-state index in [1.54, 1.807) is 0 Å². The van der Waals surface area contributed by atoms with Crippen molar-refractivity contribution in [1.29, 1.82) is 0 Å². The smallest absolute Gasteiger partial charge is 0.407 e. The molecule has 3 N–H and O–H groups in total. The summed E-state index contributed by atoms with van der Waals surface area (Å²) in [6.45, 7) is 8.09. The quantitative estimate of drug-likeness (QED) is 0.560. The van der Waals surface area contributed by atoms with E-state index in [4.69, 9.17) is 10.5 Å². The number of ether oxygens (including phenoxy) is 1. The fraction of sp³-hybridized carbons (Fsp3) is 0.933. The molecule has 0 radical (unpaired) electrons. The van der Waals surface area contributed by atoms with Crippen molar-refractivity contribution in [2.75, 3.05) is 13.2 Å². The zero-order chi connectivity index (χ0) is 15.0. The number of carbonyl (C=O) groups is 1. The van der Waals surface area contributed by atoms with Crippen LogP contribution in [0.1, 0.15) is 38.5 Å². The first-order chi connectivity index (χ1) is 9.38. The molecule has 2 atom stereocenters. The van der Waals surface area contributed by atoms with Crippen LogP contribution in [-0.4, -0.2) is 33.4 Å². The predicted octanol–water partition coefficient (Wildman–Crippen LogP) is 3.35. The van der Waals surface area contributed by atoms with Crippen molar-refractivity contribution < 1.29 is 9.53 Å². The first kappa shape index (κ1) is 17.5. The van der Waals surface area contributed by atoms with E-state index in [1.165, 1.54) is 19.3 Å². The summed E-state index contributed by atoms with van der Waals surface area (Å²) in [4.78, 5) is 11.5. The Bertz CT molecular complexity index is 292. The minimum Gasteiger partial charge on any atom is -0.450 e. The summed E-state index contributed by atoms with van der Waals surface area (Å²) in [5.74, 6) is 0.647. The highest BCUT2D eigenvalue weighted by Crippen LogP contribution is 2.26. The van der Waals surface area contributed by atoms with Crippen LogP contribution in [0.5, 0.6) is 0 Å². The molecular formula is C15H32N2O2Si. The molecule has 4 nitrogen and oxygen atoms in total. The third kappa shape index (κ3) is 7.90. The highest BCUT2D eigenvalue weighted by Gasteiger charge is 2.21. The topological polar surface area (TPSA) is 64.3 Å². The lowest BCUT2D eigenvalue weighted by atomic mass is 9.82. The summed E-state index contributed by atoms with van der Waals surface area (Å²) in [5, 5.41) is 2.84. The summed E-state index contributed by atoms with van der Waals surface area (Å²) < 4.78 is 5.19. The molecule has 0 unspecified atom stereocenters. The second kappa shape index (κ2) is 8.67. The third-order valence-electron chi connectivity index (χ3n) is 4.07. The zero-order valence-electron chi connectivity index (χ0n) is 13.4. The number of amides is 1. The highest BCUT2D eigenvalue weighted by molar-refractivity contribution is 6.76. The maximum Gasteiger partial charge on any atom is 0.407 e. The molecule has 0 spiro atoms. The number of nitrogens with one attached hydrogen (secondary N) is 1. The average Bonchev–Trinajstić information content (AvgIpc) is 2.35. The van der Waals surface area contributed by atoms with Gasteiger partial charge in [0.25, 0.3) is 0 Å². The van der Waals surface area contributed by atoms with Crippen molar-refractivity contribution in [2.24, 2.45) is 11.7 Å². The van der Waals surface area contributed by atoms with Crippen LogP contribution in [0, 0.1) is 5.92 Å². The predicted molar refractivity (Wildman–Crippen MR) is 86.7 cm³/mol. The minimum atomic E-state index is -1.11. The van der Waals surface area contributed by atoms with Crippen LogP contribution in [0.2, 0.25) is 25.7 Å². The van der Waals surface area contributed by atoms with E-state index in [1.807, 2.05) is 0 Å². The second-order valence-corrected chi connectivity index (χ2v) is 12.8. The van der Waals surface area contributed by atoms with E-state index in [0.29, 0.717) is 25.1 Å². The van der Waals surface area contributed by atoms with Crippen LogP contribution in [0.15, 0.2) is 0 Å². The van der Waals surface area contributed by atoms with E-state index >= 15 is 0 Å². The Morgan fingerprint density at radius 2 is 2.00 bits per heavy atom. The summed E-state index contributed by atoms with van der Waals surface area (Å²) in [6.07, 6.45) is 6.86. The Labute approximate surface area is 124 Å². The second-order valence-electron chi connectivity index (χ2n) is 7.22. The monoisotopic (exact) mass is 300 g/mol. The molecule has 5 heteroatoms. The van der Waals surface area contributed by atoms with Gasteiger partial charge in [-0.2, -0.15) is 0 Å². The van der Waals surface area contributed by atoms with E-state index in [2.05, 4.69) is 25.0 Å². The van der Waals surface area contributed by atoms with Gasteiger partial charge in [-0.1, -0.05) is 32.5 Å². The minimum absolute atomic E-state index is 0.267. The molecule has 1 amide bonds. The Morgan fingerprint density at radius 3 is 2.65 bits per heavy atom. The van der Waals surface area contributed by atoms with E-state index in [-0.39, 0.29) is 6.09 Å². The number of carbonyl (C=O) groups excluding carboxylic acids is 1. The third-order valence-corrected chi connectivity index (χ3v) is 5.78. The van der Waals surface area contributed by atoms with E-state index in [9.17, 15) is 4.79 Å². The molecule has 1 rings (SSSR count). The Hall–Kier alpha value is -0.553. The summed E-state index contributed by atoms with van der Waals surface area (Å²) in [5.41, 5.74) is 6.12. The summed E-state index contributed by atoms with van der Waals surface area (Å²) >= 11 is 0. The van der Waals surface area contributed by atoms with Gasteiger partial charge in [0.15, 0.2) is 0 Å². The van der Waals surface area contributed by atoms with Crippen LogP contribution in [0.25, 0.3) is 0 Å². The van der Waals surface area contributed by atoms with Gasteiger partial charge >= 0.3 is 6.09 Å². The molecule has 0 aromatic rings. The Kier molecular flexibility index (Phi) is 7.59. The first-order valence-corrected chi connectivity index (χ1v) is 11.8. The van der Waals surface area contributed by atoms with E-state index in [0.717, 1.165) is 25.3 Å². The van der Waals surface area contributed by atoms with Crippen molar-refractivity contribution in [3.8, 4) is 0 Å². The van der Waals surface area contributed by atoms with Crippen LogP contribution in [0.3, 0.4) is 0 Å². The van der Waals surface area contributed by atoms with Gasteiger partial charge < -0.3 is 15.8 Å². The molecule has 118 valence electrons. The number of alkyl carbamates (subject to hydrolysis) is 1. The molecule has 1 aliphatic carbocycles. The van der Waals surface area contributed by atoms with Gasteiger partial charge in [-0.3, -0.25) is 0 Å². The molecule has 1 fully saturated rings. The number of nitrogens with two attached hydrogens (primary N) is 1. The molecule has 0 bridgehead atoms. The number of rotatable bonds is 7. The van der Waals surface area contributed by atoms with E-state index < -0.39 is 8.07 Å². The Morgan fingerprint density at radius 1 is 1.30 bits per heavy atom. The average molecular weight is 301 g/mol. The Balaban J connectivity index is 2.01. The molecule has 0 saturated heterocycles. The fourth-order valence-electron chi connectivity index (χ4n) is 2.65. The highest BCUT2D eigenvalue weighted by atomic mass is 28.3. The van der Waals surface area contributed by atoms with Gasteiger partial charge in [0.2, 0.25) is 0 Å². The number of hydrogen-bond donors (Lipinski definition) is 2. The first-order valence-electron chi connectivity index (χ1n) is 8.05. The number of hydrogen-bond acceptors (Lipinski definition) is 3. The van der Waals surface area contributed by atoms with Gasteiger partial charge in [0, 0.05) is 20.7 Å². The maximum atomic E-state index is 11.5. The van der Waals surface area contributed by atoms with Gasteiger partial charge in [-0.25, -0.2) is 4.79 Å². The van der Waals surface area contributed by atoms with Crippen LogP contribution >= 0.6 is 0 Å². The molecule has 0 heterocycles. The van der Waals surface area contributed by atoms with Crippen molar-refractivity contribution >= 4 is 14.2 Å². The van der Waals surface area contributed by atoms with Crippen LogP contribution < -0.4 is 11.1 Å². The standard InChI is InChI=1S/C15H32N2O2Si/c1-20(2,3)12-11-19-15(18)17-10-6-8-13-7-4-5-9-14(13)16/h13-14H,4-12,16H2,1-3H3,(H,17,18)/t13-,14-/m0/s1. The lowest BCUT2D eigenvalue weighted by Crippen LogP contribution is -2.34. The SMILES string of the molecule is C[Si](C)(C)CCOC(=O)NCCC[C@@H]1CCCC[C@@H]1N. The van der Waals surface area contributed by atoms with Gasteiger partial charge in [0.1, 0.15) is 0 Å². The van der Waals surface area contributed by atoms with Crippen molar-refractivity contribution in [2.45, 2.75) is 70.3 Å². The van der Waals surface area contributed by atoms with Crippen molar-refractivity contribution in [3.63, 3.8) is 0 Å². The van der Waals surface area contributed by atoms with Crippen LogP contribution in [0.4, 0.5) is 4.79 Å². The van der Waals surface area contributed by atoms with Crippen molar-refractivity contribution in [1.82, 2.24) is 5.32 Å². The lowest BCUT2D eigenvalue weighted by Gasteiger charge is -2.28. The lowest BCUT2D eigenvalue weighted by molar-refractivity contribution is 0.151. The van der Waals surface area contributed by atoms with Crippen LogP contribution in [-0.2, 0) is 4.74 Å². The largest absolute Gasteiger partial charge is 0.450 e. The van der Waals surface area contributed by atoms with Gasteiger partial charge in [0.05, 0.1) is 6.61 Å². The molecule has 0 aromatic carbocycles. The summed E-state index contributed by atoms with van der Waals surface area (Å²) in [6, 6.07) is 1.39. The van der Waals surface area contributed by atoms with Gasteiger partial charge in [-0.15, -0.1) is 0 Å². The maximum absolute atomic E-state index is 11.5. The molecule has 0 aliphatic heterocycles. The molecule has 20 heavy (non-hydrogen) atoms. The van der Waals surface area contributed by atoms with Crippen molar-refractivity contribution in [3.05, 3.63) is 0 Å². The zero-order valence-corrected chi connectivity index (χ0v) is 14.4. The van der Waals surface area contributed by atoms with Gasteiger partial charge in [-0.05, 0) is 37.6 Å². The normalized spacial score (nSPS) is 23.4. The molecule has 1 aliphatic rings. The summed E-state index contributed by atoms with van der Waals surface area (Å²) in [7, 11) is -1.11. The molecular weight excluding hydrogens is 268 g/mol. The molecule has 1 saturated carbocycles.